The van der Waals surface area contributed by atoms with E-state index in [0.717, 1.165) is 6.07 Å². The van der Waals surface area contributed by atoms with Gasteiger partial charge in [0.15, 0.2) is 0 Å². The molecule has 0 radical (unpaired) electrons. The Morgan fingerprint density at radius 3 is 1.50 bits per heavy atom. The Morgan fingerprint density at radius 2 is 1.25 bits per heavy atom. The molecule has 0 aliphatic carbocycles. The number of hydrogen-bond donors (Lipinski definition) is 0. The van der Waals surface area contributed by atoms with Gasteiger partial charge in [-0.1, -0.05) is 12.4 Å². The van der Waals surface area contributed by atoms with Crippen LogP contribution in [0.1, 0.15) is 16.7 Å². The lowest BCUT2D eigenvalue weighted by Crippen LogP contribution is -2.16. The fourth-order valence-electron chi connectivity index (χ4n) is 1.50. The molecule has 0 fully saturated rings. The van der Waals surface area contributed by atoms with Gasteiger partial charge in [-0.15, -0.1) is 0 Å². The number of benzene rings is 1. The molecule has 0 heterocycles. The molecule has 16 heavy (non-hydrogen) atoms. The van der Waals surface area contributed by atoms with Crippen molar-refractivity contribution in [1.82, 2.24) is 0 Å². The Bertz CT molecular complexity index is 346. The second-order valence-electron chi connectivity index (χ2n) is 3.18. The van der Waals surface area contributed by atoms with Gasteiger partial charge in [-0.25, -0.2) is 0 Å². The van der Waals surface area contributed by atoms with Gasteiger partial charge in [-0.05, 0) is 17.7 Å². The summed E-state index contributed by atoms with van der Waals surface area (Å²) in [6.07, 6.45) is -9.83. The Labute approximate surface area is 88.7 Å². The molecule has 1 aromatic carbocycles. The van der Waals surface area contributed by atoms with Crippen LogP contribution < -0.4 is 0 Å². The van der Waals surface area contributed by atoms with Crippen molar-refractivity contribution >= 4 is 7.85 Å². The zero-order valence-corrected chi connectivity index (χ0v) is 8.21. The normalized spacial score (nSPS) is 12.9. The summed E-state index contributed by atoms with van der Waals surface area (Å²) in [5.74, 6) is 0. The summed E-state index contributed by atoms with van der Waals surface area (Å²) in [5, 5.41) is 0. The first kappa shape index (κ1) is 12.9. The lowest BCUT2D eigenvalue weighted by molar-refractivity contribution is -0.144. The third kappa shape index (κ3) is 2.51. The Hall–Kier alpha value is -1.14. The Morgan fingerprint density at radius 1 is 0.875 bits per heavy atom. The highest BCUT2D eigenvalue weighted by Gasteiger charge is 2.39. The summed E-state index contributed by atoms with van der Waals surface area (Å²) < 4.78 is 74.6. The minimum Gasteiger partial charge on any atom is -0.166 e. The first-order chi connectivity index (χ1) is 7.18. The van der Waals surface area contributed by atoms with Crippen LogP contribution in [0.4, 0.5) is 26.3 Å². The highest BCUT2D eigenvalue weighted by Crippen LogP contribution is 2.39. The van der Waals surface area contributed by atoms with Gasteiger partial charge in [-0.3, -0.25) is 0 Å². The molecule has 1 aromatic rings. The van der Waals surface area contributed by atoms with Gasteiger partial charge in [0, 0.05) is 0 Å². The van der Waals surface area contributed by atoms with Crippen LogP contribution in [0.2, 0.25) is 0 Å². The molecule has 0 N–H and O–H groups in total. The number of hydrogen-bond acceptors (Lipinski definition) is 0. The number of rotatable bonds is 1. The fraction of sp³-hybridized carbons (Fsp3) is 0.333. The number of alkyl halides is 6. The summed E-state index contributed by atoms with van der Waals surface area (Å²) in [6.45, 7) is 0. The first-order valence-electron chi connectivity index (χ1n) is 4.44. The van der Waals surface area contributed by atoms with Crippen LogP contribution in [0.3, 0.4) is 0 Å². The largest absolute Gasteiger partial charge is 0.416 e. The van der Waals surface area contributed by atoms with Gasteiger partial charge < -0.3 is 0 Å². The molecule has 0 nitrogen and oxygen atoms in total. The average molecular weight is 240 g/mol. The topological polar surface area (TPSA) is 0 Å². The molecule has 0 saturated carbocycles. The van der Waals surface area contributed by atoms with E-state index < -0.39 is 29.0 Å². The van der Waals surface area contributed by atoms with E-state index in [-0.39, 0.29) is 6.32 Å². The second kappa shape index (κ2) is 4.03. The zero-order valence-electron chi connectivity index (χ0n) is 8.21. The van der Waals surface area contributed by atoms with Crippen LogP contribution in [0, 0.1) is 0 Å². The minimum absolute atomic E-state index is 0.315. The lowest BCUT2D eigenvalue weighted by Gasteiger charge is -2.17. The molecule has 1 rings (SSSR count). The van der Waals surface area contributed by atoms with E-state index in [4.69, 9.17) is 0 Å². The van der Waals surface area contributed by atoms with Gasteiger partial charge in [-0.2, -0.15) is 26.3 Å². The first-order valence-corrected chi connectivity index (χ1v) is 4.44. The van der Waals surface area contributed by atoms with E-state index in [0.29, 0.717) is 12.1 Å². The van der Waals surface area contributed by atoms with Crippen molar-refractivity contribution in [3.63, 3.8) is 0 Å². The monoisotopic (exact) mass is 240 g/mol. The van der Waals surface area contributed by atoms with Gasteiger partial charge in [0.05, 0.1) is 11.1 Å². The van der Waals surface area contributed by atoms with Crippen molar-refractivity contribution in [3.8, 4) is 0 Å². The molecule has 0 amide bonds. The molecule has 0 atom stereocenters. The summed E-state index contributed by atoms with van der Waals surface area (Å²) >= 11 is 0. The third-order valence-corrected chi connectivity index (χ3v) is 2.14. The van der Waals surface area contributed by atoms with Crippen molar-refractivity contribution in [3.05, 3.63) is 34.9 Å². The number of halogens is 6. The zero-order chi connectivity index (χ0) is 12.6. The van der Waals surface area contributed by atoms with Crippen molar-refractivity contribution in [1.29, 1.82) is 0 Å². The van der Waals surface area contributed by atoms with Crippen LogP contribution in [0.5, 0.6) is 0 Å². The molecular formula is C9H7BF6. The van der Waals surface area contributed by atoms with Crippen LogP contribution in [0.15, 0.2) is 18.2 Å². The molecule has 0 saturated heterocycles. The smallest absolute Gasteiger partial charge is 0.166 e. The summed E-state index contributed by atoms with van der Waals surface area (Å²) in [7, 11) is 1.26. The summed E-state index contributed by atoms with van der Waals surface area (Å²) in [5.41, 5.74) is -3.14. The van der Waals surface area contributed by atoms with Crippen LogP contribution in [-0.2, 0) is 18.7 Å². The van der Waals surface area contributed by atoms with Crippen molar-refractivity contribution in [2.24, 2.45) is 0 Å². The maximum absolute atomic E-state index is 12.4. The highest BCUT2D eigenvalue weighted by molar-refractivity contribution is 6.08. The van der Waals surface area contributed by atoms with Crippen molar-refractivity contribution in [2.45, 2.75) is 18.7 Å². The maximum Gasteiger partial charge on any atom is 0.416 e. The minimum atomic E-state index is -4.76. The molecule has 0 bridgehead atoms. The van der Waals surface area contributed by atoms with Gasteiger partial charge >= 0.3 is 12.4 Å². The van der Waals surface area contributed by atoms with Crippen LogP contribution >= 0.6 is 0 Å². The van der Waals surface area contributed by atoms with E-state index in [1.54, 1.807) is 0 Å². The molecule has 0 unspecified atom stereocenters. The van der Waals surface area contributed by atoms with E-state index in [1.807, 2.05) is 0 Å². The Kier molecular flexibility index (Phi) is 3.26. The van der Waals surface area contributed by atoms with E-state index in [2.05, 4.69) is 0 Å². The van der Waals surface area contributed by atoms with Gasteiger partial charge in [0.1, 0.15) is 7.85 Å². The van der Waals surface area contributed by atoms with Crippen LogP contribution in [-0.4, -0.2) is 7.85 Å². The van der Waals surface area contributed by atoms with Crippen LogP contribution in [0.25, 0.3) is 0 Å². The molecule has 0 aromatic heterocycles. The van der Waals surface area contributed by atoms with Crippen molar-refractivity contribution in [2.75, 3.05) is 0 Å². The summed E-state index contributed by atoms with van der Waals surface area (Å²) in [6, 6.07) is 2.09. The Balaban J connectivity index is 3.45. The fourth-order valence-corrected chi connectivity index (χ4v) is 1.50. The molecule has 0 aliphatic rings. The van der Waals surface area contributed by atoms with Gasteiger partial charge in [0.25, 0.3) is 0 Å². The standard InChI is InChI=1S/C9H7BF6/c10-4-5-6(8(11,12)13)2-1-3-7(5)9(14,15)16/h1-3H,4,10H2. The predicted octanol–water partition coefficient (Wildman–Crippen LogP) is 2.86. The SMILES string of the molecule is BCc1c(C(F)(F)F)cccc1C(F)(F)F. The van der Waals surface area contributed by atoms with E-state index in [9.17, 15) is 26.3 Å². The molecule has 88 valence electrons. The maximum atomic E-state index is 12.4. The molecule has 0 spiro atoms. The van der Waals surface area contributed by atoms with Crippen molar-refractivity contribution < 1.29 is 26.3 Å². The summed E-state index contributed by atoms with van der Waals surface area (Å²) in [4.78, 5) is 0. The van der Waals surface area contributed by atoms with E-state index >= 15 is 0 Å². The van der Waals surface area contributed by atoms with Gasteiger partial charge in [0.2, 0.25) is 0 Å². The molecule has 7 heteroatoms. The van der Waals surface area contributed by atoms with E-state index in [1.165, 1.54) is 7.85 Å². The lowest BCUT2D eigenvalue weighted by atomic mass is 9.88. The molecule has 0 aliphatic heterocycles. The quantitative estimate of drug-likeness (QED) is 0.523. The molecular weight excluding hydrogens is 233 g/mol. The highest BCUT2D eigenvalue weighted by atomic mass is 19.4. The third-order valence-electron chi connectivity index (χ3n) is 2.14. The average Bonchev–Trinajstić information content (AvgIpc) is 2.13. The predicted molar refractivity (Wildman–Crippen MR) is 48.7 cm³/mol. The second-order valence-corrected chi connectivity index (χ2v) is 3.18.